The first-order chi connectivity index (χ1) is 9.75. The SMILES string of the molecule is O=C(CCCNC(=O)c1ccsc1)OC1CCCCC1. The second-order valence-electron chi connectivity index (χ2n) is 5.12. The summed E-state index contributed by atoms with van der Waals surface area (Å²) in [5, 5.41) is 6.49. The molecule has 0 aromatic carbocycles. The molecule has 1 heterocycles. The van der Waals surface area contributed by atoms with Gasteiger partial charge in [0.25, 0.3) is 5.91 Å². The normalized spacial score (nSPS) is 15.8. The summed E-state index contributed by atoms with van der Waals surface area (Å²) in [6.07, 6.45) is 6.70. The lowest BCUT2D eigenvalue weighted by atomic mass is 9.98. The minimum absolute atomic E-state index is 0.0769. The molecule has 5 heteroatoms. The van der Waals surface area contributed by atoms with Gasteiger partial charge in [-0.1, -0.05) is 6.42 Å². The Morgan fingerprint density at radius 3 is 2.80 bits per heavy atom. The van der Waals surface area contributed by atoms with Crippen molar-refractivity contribution in [2.24, 2.45) is 0 Å². The molecule has 0 radical (unpaired) electrons. The van der Waals surface area contributed by atoms with Crippen molar-refractivity contribution >= 4 is 23.2 Å². The van der Waals surface area contributed by atoms with Gasteiger partial charge in [0.1, 0.15) is 6.10 Å². The lowest BCUT2D eigenvalue weighted by molar-refractivity contribution is -0.150. The zero-order chi connectivity index (χ0) is 14.2. The van der Waals surface area contributed by atoms with Crippen molar-refractivity contribution in [3.63, 3.8) is 0 Å². The lowest BCUT2D eigenvalue weighted by Gasteiger charge is -2.21. The van der Waals surface area contributed by atoms with Crippen molar-refractivity contribution in [2.75, 3.05) is 6.54 Å². The zero-order valence-corrected chi connectivity index (χ0v) is 12.4. The van der Waals surface area contributed by atoms with Crippen LogP contribution in [0.2, 0.25) is 0 Å². The molecule has 0 aliphatic heterocycles. The van der Waals surface area contributed by atoms with Crippen LogP contribution in [-0.4, -0.2) is 24.5 Å². The van der Waals surface area contributed by atoms with E-state index in [0.717, 1.165) is 25.7 Å². The van der Waals surface area contributed by atoms with Crippen LogP contribution in [0.1, 0.15) is 55.3 Å². The number of esters is 1. The van der Waals surface area contributed by atoms with Gasteiger partial charge in [-0.3, -0.25) is 9.59 Å². The summed E-state index contributed by atoms with van der Waals surface area (Å²) in [5.41, 5.74) is 0.680. The molecule has 0 bridgehead atoms. The number of hydrogen-bond donors (Lipinski definition) is 1. The predicted molar refractivity (Wildman–Crippen MR) is 78.9 cm³/mol. The summed E-state index contributed by atoms with van der Waals surface area (Å²) in [6.45, 7) is 0.508. The molecule has 0 saturated heterocycles. The number of carbonyl (C=O) groups excluding carboxylic acids is 2. The molecule has 1 aliphatic carbocycles. The van der Waals surface area contributed by atoms with Gasteiger partial charge in [-0.05, 0) is 43.6 Å². The molecule has 0 spiro atoms. The quantitative estimate of drug-likeness (QED) is 0.648. The molecule has 0 atom stereocenters. The van der Waals surface area contributed by atoms with Gasteiger partial charge < -0.3 is 10.1 Å². The van der Waals surface area contributed by atoms with E-state index in [9.17, 15) is 9.59 Å². The second kappa shape index (κ2) is 8.04. The third-order valence-corrected chi connectivity index (χ3v) is 4.16. The first-order valence-corrected chi connectivity index (χ1v) is 8.20. The molecule has 1 aliphatic rings. The number of thiophene rings is 1. The Balaban J connectivity index is 1.56. The van der Waals surface area contributed by atoms with Gasteiger partial charge in [0, 0.05) is 23.9 Å². The maximum atomic E-state index is 11.7. The molecule has 1 aromatic rings. The molecule has 1 saturated carbocycles. The number of amides is 1. The van der Waals surface area contributed by atoms with E-state index in [1.54, 1.807) is 6.07 Å². The van der Waals surface area contributed by atoms with Gasteiger partial charge in [-0.25, -0.2) is 0 Å². The van der Waals surface area contributed by atoms with E-state index >= 15 is 0 Å². The highest BCUT2D eigenvalue weighted by Gasteiger charge is 2.17. The molecule has 2 rings (SSSR count). The van der Waals surface area contributed by atoms with E-state index in [0.29, 0.717) is 24.9 Å². The predicted octanol–water partition coefficient (Wildman–Crippen LogP) is 3.13. The Hall–Kier alpha value is -1.36. The van der Waals surface area contributed by atoms with Crippen LogP contribution < -0.4 is 5.32 Å². The van der Waals surface area contributed by atoms with Crippen molar-refractivity contribution in [1.82, 2.24) is 5.32 Å². The molecule has 1 N–H and O–H groups in total. The van der Waals surface area contributed by atoms with Crippen molar-refractivity contribution in [1.29, 1.82) is 0 Å². The van der Waals surface area contributed by atoms with E-state index in [1.165, 1.54) is 17.8 Å². The average molecular weight is 295 g/mol. The fourth-order valence-corrected chi connectivity index (χ4v) is 2.99. The Bertz CT molecular complexity index is 424. The monoisotopic (exact) mass is 295 g/mol. The first kappa shape index (κ1) is 15.0. The molecular formula is C15H21NO3S. The van der Waals surface area contributed by atoms with Crippen molar-refractivity contribution in [2.45, 2.75) is 51.0 Å². The van der Waals surface area contributed by atoms with Crippen LogP contribution in [0, 0.1) is 0 Å². The fourth-order valence-electron chi connectivity index (χ4n) is 2.36. The number of ether oxygens (including phenoxy) is 1. The zero-order valence-electron chi connectivity index (χ0n) is 11.6. The van der Waals surface area contributed by atoms with E-state index in [-0.39, 0.29) is 18.0 Å². The lowest BCUT2D eigenvalue weighted by Crippen LogP contribution is -2.25. The maximum absolute atomic E-state index is 11.7. The van der Waals surface area contributed by atoms with Crippen LogP contribution in [0.25, 0.3) is 0 Å². The average Bonchev–Trinajstić information content (AvgIpc) is 2.99. The largest absolute Gasteiger partial charge is 0.462 e. The smallest absolute Gasteiger partial charge is 0.306 e. The van der Waals surface area contributed by atoms with Crippen molar-refractivity contribution < 1.29 is 14.3 Å². The molecule has 0 unspecified atom stereocenters. The van der Waals surface area contributed by atoms with Crippen LogP contribution >= 0.6 is 11.3 Å². The minimum atomic E-state index is -0.137. The summed E-state index contributed by atoms with van der Waals surface area (Å²) in [4.78, 5) is 23.3. The summed E-state index contributed by atoms with van der Waals surface area (Å²) < 4.78 is 5.42. The third kappa shape index (κ3) is 4.96. The Morgan fingerprint density at radius 1 is 1.30 bits per heavy atom. The first-order valence-electron chi connectivity index (χ1n) is 7.25. The number of nitrogens with one attached hydrogen (secondary N) is 1. The maximum Gasteiger partial charge on any atom is 0.306 e. The highest BCUT2D eigenvalue weighted by Crippen LogP contribution is 2.20. The summed E-state index contributed by atoms with van der Waals surface area (Å²) in [5.74, 6) is -0.214. The van der Waals surface area contributed by atoms with E-state index in [2.05, 4.69) is 5.32 Å². The standard InChI is InChI=1S/C15H21NO3S/c17-14(19-13-5-2-1-3-6-13)7-4-9-16-15(18)12-8-10-20-11-12/h8,10-11,13H,1-7,9H2,(H,16,18). The Kier molecular flexibility index (Phi) is 6.05. The van der Waals surface area contributed by atoms with Gasteiger partial charge in [0.15, 0.2) is 0 Å². The van der Waals surface area contributed by atoms with Crippen LogP contribution in [0.3, 0.4) is 0 Å². The number of hydrogen-bond acceptors (Lipinski definition) is 4. The molecule has 1 amide bonds. The van der Waals surface area contributed by atoms with Crippen molar-refractivity contribution in [3.05, 3.63) is 22.4 Å². The third-order valence-electron chi connectivity index (χ3n) is 3.48. The topological polar surface area (TPSA) is 55.4 Å². The van der Waals surface area contributed by atoms with E-state index < -0.39 is 0 Å². The molecule has 1 fully saturated rings. The van der Waals surface area contributed by atoms with Gasteiger partial charge in [-0.2, -0.15) is 11.3 Å². The summed E-state index contributed by atoms with van der Waals surface area (Å²) in [6, 6.07) is 1.79. The molecular weight excluding hydrogens is 274 g/mol. The fraction of sp³-hybridized carbons (Fsp3) is 0.600. The number of carbonyl (C=O) groups is 2. The molecule has 110 valence electrons. The minimum Gasteiger partial charge on any atom is -0.462 e. The van der Waals surface area contributed by atoms with Gasteiger partial charge >= 0.3 is 5.97 Å². The van der Waals surface area contributed by atoms with Crippen molar-refractivity contribution in [3.8, 4) is 0 Å². The molecule has 1 aromatic heterocycles. The van der Waals surface area contributed by atoms with Crippen LogP contribution in [-0.2, 0) is 9.53 Å². The highest BCUT2D eigenvalue weighted by molar-refractivity contribution is 7.08. The molecule has 4 nitrogen and oxygen atoms in total. The van der Waals surface area contributed by atoms with E-state index in [4.69, 9.17) is 4.74 Å². The molecule has 20 heavy (non-hydrogen) atoms. The van der Waals surface area contributed by atoms with Crippen LogP contribution in [0.4, 0.5) is 0 Å². The van der Waals surface area contributed by atoms with Gasteiger partial charge in [0.2, 0.25) is 0 Å². The summed E-state index contributed by atoms with van der Waals surface area (Å²) in [7, 11) is 0. The highest BCUT2D eigenvalue weighted by atomic mass is 32.1. The Morgan fingerprint density at radius 2 is 2.10 bits per heavy atom. The van der Waals surface area contributed by atoms with Gasteiger partial charge in [-0.15, -0.1) is 0 Å². The van der Waals surface area contributed by atoms with Crippen LogP contribution in [0.5, 0.6) is 0 Å². The van der Waals surface area contributed by atoms with Crippen LogP contribution in [0.15, 0.2) is 16.8 Å². The van der Waals surface area contributed by atoms with Gasteiger partial charge in [0.05, 0.1) is 0 Å². The van der Waals surface area contributed by atoms with E-state index in [1.807, 2.05) is 10.8 Å². The second-order valence-corrected chi connectivity index (χ2v) is 5.90. The summed E-state index contributed by atoms with van der Waals surface area (Å²) >= 11 is 1.50. The Labute approximate surface area is 123 Å². The number of rotatable bonds is 6.